The van der Waals surface area contributed by atoms with Crippen LogP contribution in [0.5, 0.6) is 0 Å². The number of aromatic nitrogens is 2. The predicted molar refractivity (Wildman–Crippen MR) is 83.3 cm³/mol. The van der Waals surface area contributed by atoms with Crippen LogP contribution in [0, 0.1) is 0 Å². The molecule has 0 atom stereocenters. The zero-order valence-electron chi connectivity index (χ0n) is 12.2. The van der Waals surface area contributed by atoms with E-state index in [0.29, 0.717) is 15.7 Å². The third-order valence-electron chi connectivity index (χ3n) is 2.28. The molecule has 0 radical (unpaired) electrons. The summed E-state index contributed by atoms with van der Waals surface area (Å²) < 4.78 is 5.13. The number of nitrogens with one attached hydrogen (secondary N) is 1. The standard InChI is InChI=1S/C13H15N3O4S2/c1-13(2,3)20-12(19)14-4-9-15-7(5-21-9)10-16-8(6-22-10)11(17)18/h5-6H,4H2,1-3H3,(H,14,19)(H,17,18). The van der Waals surface area contributed by atoms with Crippen LogP contribution in [0.2, 0.25) is 0 Å². The van der Waals surface area contributed by atoms with Crippen molar-refractivity contribution in [3.63, 3.8) is 0 Å². The molecule has 9 heteroatoms. The molecule has 0 unspecified atom stereocenters. The van der Waals surface area contributed by atoms with E-state index < -0.39 is 17.7 Å². The fourth-order valence-electron chi connectivity index (χ4n) is 1.44. The lowest BCUT2D eigenvalue weighted by atomic mass is 10.2. The Balaban J connectivity index is 1.96. The normalized spacial score (nSPS) is 11.2. The van der Waals surface area contributed by atoms with Crippen LogP contribution in [0.1, 0.15) is 36.3 Å². The molecular formula is C13H15N3O4S2. The highest BCUT2D eigenvalue weighted by Gasteiger charge is 2.17. The molecule has 1 amide bonds. The molecular weight excluding hydrogens is 326 g/mol. The van der Waals surface area contributed by atoms with Crippen LogP contribution in [-0.2, 0) is 11.3 Å². The van der Waals surface area contributed by atoms with Crippen molar-refractivity contribution in [1.82, 2.24) is 15.3 Å². The second-order valence-electron chi connectivity index (χ2n) is 5.32. The van der Waals surface area contributed by atoms with E-state index in [9.17, 15) is 9.59 Å². The molecule has 0 spiro atoms. The molecule has 2 aromatic rings. The first-order chi connectivity index (χ1) is 10.2. The van der Waals surface area contributed by atoms with Crippen LogP contribution >= 0.6 is 22.7 Å². The third-order valence-corrected chi connectivity index (χ3v) is 3.99. The molecule has 22 heavy (non-hydrogen) atoms. The number of carboxylic acid groups (broad SMARTS) is 1. The number of rotatable bonds is 4. The topological polar surface area (TPSA) is 101 Å². The van der Waals surface area contributed by atoms with Crippen molar-refractivity contribution in [3.8, 4) is 10.7 Å². The van der Waals surface area contributed by atoms with E-state index in [-0.39, 0.29) is 12.2 Å². The second-order valence-corrected chi connectivity index (χ2v) is 7.13. The lowest BCUT2D eigenvalue weighted by Gasteiger charge is -2.19. The van der Waals surface area contributed by atoms with Gasteiger partial charge in [0.15, 0.2) is 5.69 Å². The van der Waals surface area contributed by atoms with Gasteiger partial charge in [-0.15, -0.1) is 22.7 Å². The largest absolute Gasteiger partial charge is 0.476 e. The van der Waals surface area contributed by atoms with Crippen LogP contribution in [0.3, 0.4) is 0 Å². The van der Waals surface area contributed by atoms with Gasteiger partial charge in [-0.2, -0.15) is 0 Å². The summed E-state index contributed by atoms with van der Waals surface area (Å²) in [5.41, 5.74) is 0.0524. The predicted octanol–water partition coefficient (Wildman–Crippen LogP) is 2.99. The first-order valence-corrected chi connectivity index (χ1v) is 8.11. The highest BCUT2D eigenvalue weighted by atomic mass is 32.1. The molecule has 0 aliphatic carbocycles. The summed E-state index contributed by atoms with van der Waals surface area (Å²) in [6.45, 7) is 5.61. The lowest BCUT2D eigenvalue weighted by molar-refractivity contribution is 0.0523. The minimum atomic E-state index is -1.07. The molecule has 2 rings (SSSR count). The zero-order chi connectivity index (χ0) is 16.3. The van der Waals surface area contributed by atoms with Gasteiger partial charge < -0.3 is 15.2 Å². The first kappa shape index (κ1) is 16.4. The van der Waals surface area contributed by atoms with Gasteiger partial charge in [-0.3, -0.25) is 0 Å². The average Bonchev–Trinajstić information content (AvgIpc) is 3.03. The molecule has 0 aliphatic heterocycles. The van der Waals surface area contributed by atoms with Crippen molar-refractivity contribution in [2.45, 2.75) is 32.9 Å². The number of hydrogen-bond donors (Lipinski definition) is 2. The monoisotopic (exact) mass is 341 g/mol. The molecule has 0 aromatic carbocycles. The highest BCUT2D eigenvalue weighted by molar-refractivity contribution is 7.14. The number of thiazole rings is 2. The number of ether oxygens (including phenoxy) is 1. The number of amides is 1. The van der Waals surface area contributed by atoms with Crippen molar-refractivity contribution < 1.29 is 19.4 Å². The molecule has 0 saturated heterocycles. The molecule has 2 aromatic heterocycles. The highest BCUT2D eigenvalue weighted by Crippen LogP contribution is 2.25. The molecule has 2 N–H and O–H groups in total. The second kappa shape index (κ2) is 6.41. The van der Waals surface area contributed by atoms with Crippen molar-refractivity contribution in [2.75, 3.05) is 0 Å². The molecule has 2 heterocycles. The van der Waals surface area contributed by atoms with E-state index in [1.165, 1.54) is 28.1 Å². The minimum absolute atomic E-state index is 0.00132. The average molecular weight is 341 g/mol. The van der Waals surface area contributed by atoms with E-state index in [2.05, 4.69) is 15.3 Å². The van der Waals surface area contributed by atoms with Gasteiger partial charge in [-0.05, 0) is 20.8 Å². The maximum absolute atomic E-state index is 11.6. The SMILES string of the molecule is CC(C)(C)OC(=O)NCc1nc(-c2nc(C(=O)O)cs2)cs1. The van der Waals surface area contributed by atoms with E-state index in [4.69, 9.17) is 9.84 Å². The van der Waals surface area contributed by atoms with Crippen molar-refractivity contribution >= 4 is 34.7 Å². The van der Waals surface area contributed by atoms with E-state index in [0.717, 1.165) is 0 Å². The number of carbonyl (C=O) groups excluding carboxylic acids is 1. The third kappa shape index (κ3) is 4.50. The Hall–Kier alpha value is -2.00. The summed E-state index contributed by atoms with van der Waals surface area (Å²) in [4.78, 5) is 30.7. The van der Waals surface area contributed by atoms with E-state index >= 15 is 0 Å². The van der Waals surface area contributed by atoms with Gasteiger partial charge in [-0.1, -0.05) is 0 Å². The van der Waals surface area contributed by atoms with E-state index in [1.54, 1.807) is 26.2 Å². The number of carboxylic acids is 1. The Bertz CT molecular complexity index is 688. The molecule has 0 bridgehead atoms. The molecule has 0 aliphatic rings. The van der Waals surface area contributed by atoms with Crippen LogP contribution in [0.4, 0.5) is 4.79 Å². The molecule has 7 nitrogen and oxygen atoms in total. The van der Waals surface area contributed by atoms with Crippen molar-refractivity contribution in [1.29, 1.82) is 0 Å². The summed E-state index contributed by atoms with van der Waals surface area (Å²) in [5, 5.41) is 15.9. The fourth-order valence-corrected chi connectivity index (χ4v) is 2.99. The van der Waals surface area contributed by atoms with Gasteiger partial charge in [0.2, 0.25) is 0 Å². The summed E-state index contributed by atoms with van der Waals surface area (Å²) in [6.07, 6.45) is -0.508. The van der Waals surface area contributed by atoms with Gasteiger partial charge in [-0.25, -0.2) is 19.6 Å². The van der Waals surface area contributed by atoms with Crippen LogP contribution < -0.4 is 5.32 Å². The summed E-state index contributed by atoms with van der Waals surface area (Å²) in [5.74, 6) is -1.07. The van der Waals surface area contributed by atoms with Crippen LogP contribution in [0.25, 0.3) is 10.7 Å². The summed E-state index contributed by atoms with van der Waals surface area (Å²) in [7, 11) is 0. The number of nitrogens with zero attached hydrogens (tertiary/aromatic N) is 2. The summed E-state index contributed by atoms with van der Waals surface area (Å²) in [6, 6.07) is 0. The fraction of sp³-hybridized carbons (Fsp3) is 0.385. The van der Waals surface area contributed by atoms with Gasteiger partial charge in [0.1, 0.15) is 21.3 Å². The molecule has 0 fully saturated rings. The van der Waals surface area contributed by atoms with Gasteiger partial charge in [0.25, 0.3) is 0 Å². The minimum Gasteiger partial charge on any atom is -0.476 e. The Labute approximate surface area is 135 Å². The number of carbonyl (C=O) groups is 2. The van der Waals surface area contributed by atoms with Gasteiger partial charge in [0, 0.05) is 10.8 Å². The number of aromatic carboxylic acids is 1. The van der Waals surface area contributed by atoms with Crippen molar-refractivity contribution in [3.05, 3.63) is 21.5 Å². The number of hydrogen-bond acceptors (Lipinski definition) is 7. The van der Waals surface area contributed by atoms with E-state index in [1.807, 2.05) is 0 Å². The Kier molecular flexibility index (Phi) is 4.77. The first-order valence-electron chi connectivity index (χ1n) is 6.35. The van der Waals surface area contributed by atoms with Crippen LogP contribution in [0.15, 0.2) is 10.8 Å². The van der Waals surface area contributed by atoms with Crippen LogP contribution in [-0.4, -0.2) is 32.7 Å². The van der Waals surface area contributed by atoms with Crippen molar-refractivity contribution in [2.24, 2.45) is 0 Å². The molecule has 118 valence electrons. The lowest BCUT2D eigenvalue weighted by Crippen LogP contribution is -2.32. The molecule has 0 saturated carbocycles. The quantitative estimate of drug-likeness (QED) is 0.886. The smallest absolute Gasteiger partial charge is 0.408 e. The maximum Gasteiger partial charge on any atom is 0.408 e. The summed E-state index contributed by atoms with van der Waals surface area (Å²) >= 11 is 2.58. The van der Waals surface area contributed by atoms with Gasteiger partial charge in [0.05, 0.1) is 6.54 Å². The van der Waals surface area contributed by atoms with Gasteiger partial charge >= 0.3 is 12.1 Å². The Morgan fingerprint density at radius 1 is 1.27 bits per heavy atom. The Morgan fingerprint density at radius 3 is 2.59 bits per heavy atom. The maximum atomic E-state index is 11.6. The Morgan fingerprint density at radius 2 is 2.00 bits per heavy atom. The zero-order valence-corrected chi connectivity index (χ0v) is 13.9. The number of alkyl carbamates (subject to hydrolysis) is 1.